The molecule has 0 N–H and O–H groups in total. The van der Waals surface area contributed by atoms with E-state index >= 15 is 0 Å². The van der Waals surface area contributed by atoms with Crippen molar-refractivity contribution in [3.63, 3.8) is 0 Å². The van der Waals surface area contributed by atoms with E-state index in [-0.39, 0.29) is 16.2 Å². The lowest BCUT2D eigenvalue weighted by Gasteiger charge is -2.76. The summed E-state index contributed by atoms with van der Waals surface area (Å²) in [4.78, 5) is 2.54. The van der Waals surface area contributed by atoms with Crippen molar-refractivity contribution in [2.75, 3.05) is 4.90 Å². The van der Waals surface area contributed by atoms with E-state index < -0.39 is 0 Å². The van der Waals surface area contributed by atoms with Crippen molar-refractivity contribution in [2.45, 2.75) is 82.5 Å². The smallest absolute Gasteiger partial charge is 0.0465 e. The molecule has 0 amide bonds. The van der Waals surface area contributed by atoms with E-state index in [0.29, 0.717) is 5.41 Å². The maximum Gasteiger partial charge on any atom is 0.0465 e. The molecule has 0 aliphatic heterocycles. The number of nitrogens with zero attached hydrogens (tertiary/aromatic N) is 1. The van der Waals surface area contributed by atoms with Crippen molar-refractivity contribution in [2.24, 2.45) is 29.1 Å². The third kappa shape index (κ3) is 4.37. The fourth-order valence-electron chi connectivity index (χ4n) is 14.9. The summed E-state index contributed by atoms with van der Waals surface area (Å²) in [5, 5.41) is 2.58. The molecule has 0 saturated heterocycles. The Balaban J connectivity index is 0.959. The molecule has 6 aliphatic carbocycles. The molecule has 1 nitrogen and oxygen atoms in total. The summed E-state index contributed by atoms with van der Waals surface area (Å²) in [6.45, 7) is 9.76. The van der Waals surface area contributed by atoms with Gasteiger partial charge in [-0.2, -0.15) is 0 Å². The van der Waals surface area contributed by atoms with Crippen LogP contribution in [-0.4, -0.2) is 0 Å². The minimum absolute atomic E-state index is 0.134. The summed E-state index contributed by atoms with van der Waals surface area (Å²) in [6, 6.07) is 58.5. The van der Waals surface area contributed by atoms with E-state index in [1.165, 1.54) is 111 Å². The topological polar surface area (TPSA) is 3.24 Å². The van der Waals surface area contributed by atoms with Gasteiger partial charge in [-0.05, 0) is 181 Å². The van der Waals surface area contributed by atoms with Crippen molar-refractivity contribution in [1.29, 1.82) is 0 Å². The van der Waals surface area contributed by atoms with Crippen LogP contribution in [0.4, 0.5) is 17.1 Å². The van der Waals surface area contributed by atoms with Gasteiger partial charge in [0.25, 0.3) is 0 Å². The molecule has 290 valence electrons. The van der Waals surface area contributed by atoms with Gasteiger partial charge in [0.05, 0.1) is 0 Å². The van der Waals surface area contributed by atoms with E-state index in [4.69, 9.17) is 0 Å². The van der Waals surface area contributed by atoms with Gasteiger partial charge in [-0.3, -0.25) is 0 Å². The highest BCUT2D eigenvalue weighted by Crippen LogP contribution is 2.89. The summed E-state index contributed by atoms with van der Waals surface area (Å²) >= 11 is 0. The summed E-state index contributed by atoms with van der Waals surface area (Å²) < 4.78 is 0. The maximum atomic E-state index is 2.65. The minimum Gasteiger partial charge on any atom is -0.310 e. The Bertz CT molecular complexity index is 2870. The predicted octanol–water partition coefficient (Wildman–Crippen LogP) is 15.3. The Morgan fingerprint density at radius 3 is 1.86 bits per heavy atom. The van der Waals surface area contributed by atoms with Crippen molar-refractivity contribution in [1.82, 2.24) is 0 Å². The molecule has 4 saturated carbocycles. The Kier molecular flexibility index (Phi) is 6.81. The van der Waals surface area contributed by atoms with Crippen LogP contribution in [0.15, 0.2) is 152 Å². The molecule has 0 heterocycles. The van der Waals surface area contributed by atoms with Gasteiger partial charge in [0, 0.05) is 22.5 Å². The van der Waals surface area contributed by atoms with Gasteiger partial charge in [-0.1, -0.05) is 143 Å². The zero-order valence-corrected chi connectivity index (χ0v) is 34.9. The number of benzene rings is 7. The van der Waals surface area contributed by atoms with Crippen LogP contribution >= 0.6 is 0 Å². The molecular weight excluding hydrogens is 711 g/mol. The molecule has 0 aromatic heterocycles. The highest BCUT2D eigenvalue weighted by Gasteiger charge is 2.84. The summed E-state index contributed by atoms with van der Waals surface area (Å²) in [5.74, 6) is 3.49. The van der Waals surface area contributed by atoms with Gasteiger partial charge < -0.3 is 4.90 Å². The molecular formula is C58H53N. The van der Waals surface area contributed by atoms with Crippen LogP contribution in [0.2, 0.25) is 0 Å². The normalized spacial score (nSPS) is 28.0. The largest absolute Gasteiger partial charge is 0.310 e. The Hall–Kier alpha value is -5.40. The van der Waals surface area contributed by atoms with Gasteiger partial charge >= 0.3 is 0 Å². The van der Waals surface area contributed by atoms with E-state index in [1.807, 2.05) is 0 Å². The first-order chi connectivity index (χ1) is 28.7. The quantitative estimate of drug-likeness (QED) is 0.169. The van der Waals surface area contributed by atoms with Crippen molar-refractivity contribution in [3.8, 4) is 33.4 Å². The van der Waals surface area contributed by atoms with Crippen LogP contribution in [0.3, 0.4) is 0 Å². The first kappa shape index (κ1) is 34.5. The molecule has 0 radical (unpaired) electrons. The zero-order valence-electron chi connectivity index (χ0n) is 34.9. The molecule has 6 unspecified atom stereocenters. The number of hydrogen-bond acceptors (Lipinski definition) is 1. The molecule has 7 aromatic rings. The second-order valence-electron chi connectivity index (χ2n) is 20.8. The standard InChI is InChI=1S/C58H53N/c1-55(2)29-30-56(3,4)54-46(16-10-18-50(54)55)39-21-25-42(26-22-39)59(41-23-19-38(20-24-41)45-15-9-12-37-11-5-6-13-44(37)45)43-27-28-48-47-14-7-8-17-49(47)58(51(48)34-43)52-32-36-31-40-33-53(58)57(40,52)35-36/h5-28,34,36,40,52-53H,29-33,35H2,1-4H3. The van der Waals surface area contributed by atoms with Gasteiger partial charge in [-0.25, -0.2) is 0 Å². The number of hydrogen-bond donors (Lipinski definition) is 0. The van der Waals surface area contributed by atoms with E-state index in [0.717, 1.165) is 23.7 Å². The summed E-state index contributed by atoms with van der Waals surface area (Å²) in [6.07, 6.45) is 8.26. The third-order valence-corrected chi connectivity index (χ3v) is 17.4. The SMILES string of the molecule is CC1(C)CCC(C)(C)c2c(-c3ccc(N(c4ccc(-c5cccc6ccccc56)cc4)c4ccc5c(c4)C4(c6ccccc6-5)C5CC6CC7CC4C75C6)cc3)cccc21. The van der Waals surface area contributed by atoms with E-state index in [1.54, 1.807) is 11.1 Å². The molecule has 6 aliphatic rings. The van der Waals surface area contributed by atoms with Crippen LogP contribution in [0.1, 0.15) is 88.5 Å². The highest BCUT2D eigenvalue weighted by atomic mass is 15.1. The molecule has 13 rings (SSSR count). The average Bonchev–Trinajstić information content (AvgIpc) is 3.90. The van der Waals surface area contributed by atoms with Crippen LogP contribution < -0.4 is 4.90 Å². The maximum absolute atomic E-state index is 2.65. The molecule has 6 atom stereocenters. The van der Waals surface area contributed by atoms with Crippen molar-refractivity contribution >= 4 is 27.8 Å². The fourth-order valence-corrected chi connectivity index (χ4v) is 14.9. The van der Waals surface area contributed by atoms with E-state index in [2.05, 4.69) is 184 Å². The van der Waals surface area contributed by atoms with Gasteiger partial charge in [0.2, 0.25) is 0 Å². The molecule has 4 fully saturated rings. The predicted molar refractivity (Wildman–Crippen MR) is 246 cm³/mol. The van der Waals surface area contributed by atoms with Gasteiger partial charge in [-0.15, -0.1) is 0 Å². The fraction of sp³-hybridized carbons (Fsp3) is 0.310. The first-order valence-corrected chi connectivity index (χ1v) is 22.6. The third-order valence-electron chi connectivity index (χ3n) is 17.4. The monoisotopic (exact) mass is 763 g/mol. The lowest BCUT2D eigenvalue weighted by molar-refractivity contribution is -0.231. The Morgan fingerprint density at radius 2 is 1.07 bits per heavy atom. The van der Waals surface area contributed by atoms with Crippen LogP contribution in [0.5, 0.6) is 0 Å². The lowest BCUT2D eigenvalue weighted by Crippen LogP contribution is -2.73. The second-order valence-corrected chi connectivity index (χ2v) is 20.8. The summed E-state index contributed by atoms with van der Waals surface area (Å²) in [7, 11) is 0. The Labute approximate surface area is 350 Å². The van der Waals surface area contributed by atoms with Gasteiger partial charge in [0.1, 0.15) is 0 Å². The first-order valence-electron chi connectivity index (χ1n) is 22.6. The zero-order chi connectivity index (χ0) is 39.5. The average molecular weight is 764 g/mol. The molecule has 7 aromatic carbocycles. The van der Waals surface area contributed by atoms with Gasteiger partial charge in [0.15, 0.2) is 0 Å². The lowest BCUT2D eigenvalue weighted by atomic mass is 9.27. The molecule has 1 heteroatoms. The number of anilines is 3. The van der Waals surface area contributed by atoms with Crippen molar-refractivity contribution < 1.29 is 0 Å². The highest BCUT2D eigenvalue weighted by molar-refractivity contribution is 5.97. The van der Waals surface area contributed by atoms with Crippen molar-refractivity contribution in [3.05, 3.63) is 174 Å². The molecule has 2 bridgehead atoms. The second kappa shape index (κ2) is 11.7. The number of rotatable bonds is 5. The Morgan fingerprint density at radius 1 is 0.475 bits per heavy atom. The van der Waals surface area contributed by atoms with Crippen LogP contribution in [0.25, 0.3) is 44.2 Å². The van der Waals surface area contributed by atoms with E-state index in [9.17, 15) is 0 Å². The summed E-state index contributed by atoms with van der Waals surface area (Å²) in [5.41, 5.74) is 19.2. The molecule has 2 spiro atoms. The minimum atomic E-state index is 0.134. The molecule has 59 heavy (non-hydrogen) atoms. The number of fused-ring (bicyclic) bond motifs is 10. The van der Waals surface area contributed by atoms with Crippen LogP contribution in [0, 0.1) is 29.1 Å². The van der Waals surface area contributed by atoms with Crippen LogP contribution in [-0.2, 0) is 16.2 Å².